The van der Waals surface area contributed by atoms with E-state index in [1.54, 1.807) is 42.5 Å². The molecule has 49 heavy (non-hydrogen) atoms. The maximum absolute atomic E-state index is 13.1. The van der Waals surface area contributed by atoms with Crippen molar-refractivity contribution in [3.63, 3.8) is 0 Å². The summed E-state index contributed by atoms with van der Waals surface area (Å²) in [5.41, 5.74) is 3.23. The Kier molecular flexibility index (Phi) is 10.4. The fourth-order valence-corrected chi connectivity index (χ4v) is 7.28. The Bertz CT molecular complexity index is 1770. The first-order chi connectivity index (χ1) is 22.9. The maximum atomic E-state index is 13.1. The molecule has 3 unspecified atom stereocenters. The number of nitrogens with one attached hydrogen (secondary N) is 3. The van der Waals surface area contributed by atoms with Gasteiger partial charge in [-0.3, -0.25) is 19.4 Å². The van der Waals surface area contributed by atoms with E-state index in [-0.39, 0.29) is 72.7 Å². The zero-order chi connectivity index (χ0) is 34.3. The summed E-state index contributed by atoms with van der Waals surface area (Å²) in [6.45, 7) is 1.29. The van der Waals surface area contributed by atoms with Crippen LogP contribution in [0.2, 0.25) is 0 Å². The Balaban J connectivity index is 0.00000468. The predicted octanol–water partition coefficient (Wildman–Crippen LogP) is -3.12. The molecule has 3 saturated heterocycles. The van der Waals surface area contributed by atoms with Crippen LogP contribution in [-0.2, 0) is 35.1 Å². The van der Waals surface area contributed by atoms with Crippen molar-refractivity contribution in [1.82, 2.24) is 25.6 Å². The monoisotopic (exact) mass is 700 g/mol. The van der Waals surface area contributed by atoms with Crippen LogP contribution in [-0.4, -0.2) is 99.6 Å². The van der Waals surface area contributed by atoms with Crippen LogP contribution in [0.1, 0.15) is 34.5 Å². The summed E-state index contributed by atoms with van der Waals surface area (Å²) in [6.07, 6.45) is 1.09. The van der Waals surface area contributed by atoms with E-state index in [1.165, 1.54) is 36.2 Å². The topological polar surface area (TPSA) is 207 Å². The standard InChI is InChI=1S/C31H30N6O10S.Na/c1-16(38)47-14-18-12-35-26(41)31(28(42)43,27(35)48-15-18)33-23(39)11-17-4-3-5-21(10-17)32-29(44)36-13-22-24(34-37(22)30(36)45)19-6-8-20(9-7-19)25(40)46-2;/h3-10,12,22,24,27,34H,11,13-15H2,1-2H3,(H,32,44)(H,33,39)(H,42,43);/q;+1/p-1/t22?,24?,27-,31?;/m0./s1. The first-order valence-corrected chi connectivity index (χ1v) is 15.7. The van der Waals surface area contributed by atoms with E-state index >= 15 is 0 Å². The molecule has 2 aromatic carbocycles. The van der Waals surface area contributed by atoms with E-state index in [1.807, 2.05) is 0 Å². The number of carbonyl (C=O) groups is 7. The van der Waals surface area contributed by atoms with Gasteiger partial charge in [0.25, 0.3) is 5.91 Å². The molecule has 3 N–H and O–H groups in total. The van der Waals surface area contributed by atoms with Crippen LogP contribution in [0.4, 0.5) is 15.3 Å². The number of methoxy groups -OCH3 is 1. The number of urea groups is 2. The number of esters is 2. The second-order valence-corrected chi connectivity index (χ2v) is 12.5. The Labute approximate surface area is 305 Å². The van der Waals surface area contributed by atoms with Gasteiger partial charge < -0.3 is 34.9 Å². The van der Waals surface area contributed by atoms with Crippen molar-refractivity contribution in [2.24, 2.45) is 0 Å². The Hall–Kier alpha value is -4.42. The number of carboxylic acids is 1. The molecule has 4 aliphatic heterocycles. The number of hydrogen-bond donors (Lipinski definition) is 3. The van der Waals surface area contributed by atoms with Gasteiger partial charge in [0, 0.05) is 24.6 Å². The molecule has 0 saturated carbocycles. The predicted molar refractivity (Wildman–Crippen MR) is 164 cm³/mol. The molecule has 250 valence electrons. The third-order valence-electron chi connectivity index (χ3n) is 8.34. The van der Waals surface area contributed by atoms with Gasteiger partial charge in [0.15, 0.2) is 5.54 Å². The number of hydrogen-bond acceptors (Lipinski definition) is 12. The summed E-state index contributed by atoms with van der Waals surface area (Å²) in [4.78, 5) is 89.3. The van der Waals surface area contributed by atoms with E-state index in [0.717, 1.165) is 22.2 Å². The molecule has 0 bridgehead atoms. The molecular weight excluding hydrogens is 671 g/mol. The van der Waals surface area contributed by atoms with E-state index in [2.05, 4.69) is 16.1 Å². The third kappa shape index (κ3) is 6.63. The SMILES string of the molecule is COC(=O)c1ccc(C2NN3C(=O)N(C(=O)Nc4cccc(CC(=O)NC5(C(=O)[O-])C(=O)N6C=C(COC(C)=O)CS[C@H]65)c4)CC23)cc1.[Na+]. The minimum Gasteiger partial charge on any atom is -0.547 e. The van der Waals surface area contributed by atoms with Crippen LogP contribution in [0.5, 0.6) is 0 Å². The number of imide groups is 1. The summed E-state index contributed by atoms with van der Waals surface area (Å²) in [5.74, 6) is -4.09. The quantitative estimate of drug-likeness (QED) is 0.103. The number of thioether (sulfide) groups is 1. The summed E-state index contributed by atoms with van der Waals surface area (Å²) in [7, 11) is 1.29. The number of β-lactam (4-membered cyclic amide) rings is 1. The second kappa shape index (κ2) is 14.2. The van der Waals surface area contributed by atoms with Crippen molar-refractivity contribution in [3.05, 3.63) is 77.0 Å². The largest absolute Gasteiger partial charge is 1.00 e. The average Bonchev–Trinajstić information content (AvgIpc) is 3.30. The van der Waals surface area contributed by atoms with Crippen LogP contribution in [0.25, 0.3) is 0 Å². The Morgan fingerprint density at radius 2 is 1.84 bits per heavy atom. The van der Waals surface area contributed by atoms with Gasteiger partial charge >= 0.3 is 53.6 Å². The van der Waals surface area contributed by atoms with Gasteiger partial charge in [0.2, 0.25) is 5.91 Å². The number of nitrogens with zero attached hydrogens (tertiary/aromatic N) is 3. The number of amides is 6. The Morgan fingerprint density at radius 3 is 2.51 bits per heavy atom. The number of benzene rings is 2. The first-order valence-electron chi connectivity index (χ1n) is 14.7. The van der Waals surface area contributed by atoms with Gasteiger partial charge in [-0.15, -0.1) is 11.8 Å². The molecule has 0 aliphatic carbocycles. The van der Waals surface area contributed by atoms with Crippen molar-refractivity contribution < 1.29 is 77.7 Å². The van der Waals surface area contributed by atoms with E-state index in [4.69, 9.17) is 9.47 Å². The van der Waals surface area contributed by atoms with E-state index in [9.17, 15) is 38.7 Å². The fraction of sp³-hybridized carbons (Fsp3) is 0.323. The van der Waals surface area contributed by atoms with Gasteiger partial charge in [-0.2, -0.15) is 0 Å². The van der Waals surface area contributed by atoms with Gasteiger partial charge in [-0.25, -0.2) is 24.7 Å². The first kappa shape index (κ1) is 35.9. The Morgan fingerprint density at radius 1 is 1.10 bits per heavy atom. The molecule has 0 radical (unpaired) electrons. The number of aliphatic carboxylic acids is 1. The minimum atomic E-state index is -2.28. The summed E-state index contributed by atoms with van der Waals surface area (Å²) < 4.78 is 9.67. The van der Waals surface area contributed by atoms with Crippen molar-refractivity contribution in [2.45, 2.75) is 36.3 Å². The van der Waals surface area contributed by atoms with E-state index < -0.39 is 52.7 Å². The normalized spacial score (nSPS) is 23.4. The van der Waals surface area contributed by atoms with Crippen LogP contribution in [0.3, 0.4) is 0 Å². The van der Waals surface area contributed by atoms with Crippen molar-refractivity contribution in [3.8, 4) is 0 Å². The molecule has 0 aromatic heterocycles. The number of hydrazine groups is 1. The molecule has 18 heteroatoms. The zero-order valence-corrected chi connectivity index (χ0v) is 29.4. The molecule has 6 amide bonds. The number of carboxylic acid groups (broad SMARTS) is 1. The van der Waals surface area contributed by atoms with Crippen LogP contribution >= 0.6 is 11.8 Å². The van der Waals surface area contributed by atoms with Gasteiger partial charge in [-0.05, 0) is 41.0 Å². The summed E-state index contributed by atoms with van der Waals surface area (Å²) in [5, 5.41) is 17.6. The van der Waals surface area contributed by atoms with Crippen molar-refractivity contribution >= 4 is 59.2 Å². The van der Waals surface area contributed by atoms with Crippen LogP contribution in [0, 0.1) is 0 Å². The summed E-state index contributed by atoms with van der Waals surface area (Å²) >= 11 is 1.09. The van der Waals surface area contributed by atoms with Gasteiger partial charge in [0.1, 0.15) is 12.0 Å². The van der Waals surface area contributed by atoms with Crippen LogP contribution < -0.4 is 50.7 Å². The molecule has 6 rings (SSSR count). The average molecular weight is 701 g/mol. The molecule has 4 heterocycles. The van der Waals surface area contributed by atoms with Gasteiger partial charge in [0.05, 0.1) is 43.7 Å². The molecule has 16 nitrogen and oxygen atoms in total. The number of anilines is 1. The number of carbonyl (C=O) groups excluding carboxylic acids is 7. The van der Waals surface area contributed by atoms with E-state index in [0.29, 0.717) is 16.7 Å². The summed E-state index contributed by atoms with van der Waals surface area (Å²) in [6, 6.07) is 11.1. The molecule has 4 atom stereocenters. The zero-order valence-electron chi connectivity index (χ0n) is 26.6. The maximum Gasteiger partial charge on any atom is 1.00 e. The fourth-order valence-electron chi connectivity index (χ4n) is 5.93. The molecule has 0 spiro atoms. The third-order valence-corrected chi connectivity index (χ3v) is 9.78. The second-order valence-electron chi connectivity index (χ2n) is 11.4. The smallest absolute Gasteiger partial charge is 0.547 e. The minimum absolute atomic E-state index is 0. The molecular formula is C31H29N6NaO10S. The van der Waals surface area contributed by atoms with Crippen molar-refractivity contribution in [1.29, 1.82) is 0 Å². The van der Waals surface area contributed by atoms with Crippen LogP contribution in [0.15, 0.2) is 60.3 Å². The van der Waals surface area contributed by atoms with Gasteiger partial charge in [-0.1, -0.05) is 24.3 Å². The number of rotatable bonds is 9. The number of ether oxygens (including phenoxy) is 2. The van der Waals surface area contributed by atoms with Crippen molar-refractivity contribution in [2.75, 3.05) is 31.3 Å². The molecule has 2 aromatic rings. The molecule has 4 aliphatic rings. The molecule has 3 fully saturated rings. The number of fused-ring (bicyclic) bond motifs is 2.